The van der Waals surface area contributed by atoms with Crippen LogP contribution in [0.3, 0.4) is 0 Å². The molecule has 0 aliphatic carbocycles. The summed E-state index contributed by atoms with van der Waals surface area (Å²) < 4.78 is 34.5. The molecule has 0 radical (unpaired) electrons. The molecule has 0 aromatic carbocycles. The van der Waals surface area contributed by atoms with E-state index < -0.39 is 13.9 Å². The first kappa shape index (κ1) is 50.2. The zero-order chi connectivity index (χ0) is 37.7. The van der Waals surface area contributed by atoms with Gasteiger partial charge >= 0.3 is 5.97 Å². The fraction of sp³-hybridized carbons (Fsp3) is 0.929. The maximum Gasteiger partial charge on any atom is 0.306 e. The number of ether oxygens (including phenoxy) is 2. The number of hydrogen-bond donors (Lipinski definition) is 0. The number of nitrogens with zero attached hydrogens (tertiary/aromatic N) is 1. The highest BCUT2D eigenvalue weighted by Gasteiger charge is 2.20. The third kappa shape index (κ3) is 40.3. The van der Waals surface area contributed by atoms with Crippen LogP contribution in [0.4, 0.5) is 0 Å². The molecule has 0 heterocycles. The predicted molar refractivity (Wildman–Crippen MR) is 213 cm³/mol. The number of rotatable bonds is 40. The molecule has 2 atom stereocenters. The van der Waals surface area contributed by atoms with Crippen LogP contribution in [0, 0.1) is 0 Å². The van der Waals surface area contributed by atoms with E-state index in [1.807, 2.05) is 21.1 Å². The summed E-state index contributed by atoms with van der Waals surface area (Å²) in [4.78, 5) is 25.0. The molecule has 304 valence electrons. The van der Waals surface area contributed by atoms with Crippen LogP contribution in [0.1, 0.15) is 194 Å². The van der Waals surface area contributed by atoms with Crippen molar-refractivity contribution in [3.05, 3.63) is 12.2 Å². The fourth-order valence-corrected chi connectivity index (χ4v) is 6.68. The van der Waals surface area contributed by atoms with Crippen molar-refractivity contribution in [2.24, 2.45) is 0 Å². The van der Waals surface area contributed by atoms with Gasteiger partial charge in [0.15, 0.2) is 0 Å². The van der Waals surface area contributed by atoms with E-state index in [0.29, 0.717) is 24.1 Å². The van der Waals surface area contributed by atoms with E-state index in [-0.39, 0.29) is 25.8 Å². The van der Waals surface area contributed by atoms with Crippen LogP contribution in [0.2, 0.25) is 0 Å². The molecule has 0 saturated carbocycles. The largest absolute Gasteiger partial charge is 0.756 e. The highest BCUT2D eigenvalue weighted by molar-refractivity contribution is 7.45. The Bertz CT molecular complexity index is 833. The minimum Gasteiger partial charge on any atom is -0.756 e. The predicted octanol–water partition coefficient (Wildman–Crippen LogP) is 11.6. The second-order valence-electron chi connectivity index (χ2n) is 15.7. The Morgan fingerprint density at radius 1 is 0.588 bits per heavy atom. The van der Waals surface area contributed by atoms with Crippen LogP contribution in [0.15, 0.2) is 12.2 Å². The Morgan fingerprint density at radius 2 is 1.02 bits per heavy atom. The third-order valence-electron chi connectivity index (χ3n) is 9.32. The standard InChI is InChI=1S/C42H84NO7P/c1-6-8-10-12-14-16-18-20-22-23-25-27-29-31-33-35-42(44)50-41(40-49-51(45,46)48-38-36-43(3,4)5)39-47-37-34-32-30-28-26-24-21-19-17-15-13-11-9-7-2/h17,19,41H,6-16,18,20-40H2,1-5H3/b19-17-. The Morgan fingerprint density at radius 3 is 1.51 bits per heavy atom. The molecule has 0 aliphatic heterocycles. The molecule has 2 unspecified atom stereocenters. The van der Waals surface area contributed by atoms with Gasteiger partial charge in [0.2, 0.25) is 0 Å². The van der Waals surface area contributed by atoms with Gasteiger partial charge in [-0.2, -0.15) is 0 Å². The molecule has 0 saturated heterocycles. The van der Waals surface area contributed by atoms with E-state index in [2.05, 4.69) is 26.0 Å². The number of unbranched alkanes of at least 4 members (excludes halogenated alkanes) is 24. The highest BCUT2D eigenvalue weighted by Crippen LogP contribution is 2.38. The van der Waals surface area contributed by atoms with Crippen molar-refractivity contribution >= 4 is 13.8 Å². The first-order valence-electron chi connectivity index (χ1n) is 21.4. The maximum atomic E-state index is 12.6. The highest BCUT2D eigenvalue weighted by atomic mass is 31.2. The zero-order valence-electron chi connectivity index (χ0n) is 34.3. The van der Waals surface area contributed by atoms with E-state index in [0.717, 1.165) is 32.1 Å². The van der Waals surface area contributed by atoms with Gasteiger partial charge in [-0.15, -0.1) is 0 Å². The average molecular weight is 746 g/mol. The molecule has 0 aromatic rings. The SMILES string of the molecule is CCCCCC/C=C\CCCCCCCCOCC(COP(=O)([O-])OCC[N+](C)(C)C)OC(=O)CCCCCCCCCCCCCCCCC. The number of carbonyl (C=O) groups excluding carboxylic acids is 1. The summed E-state index contributed by atoms with van der Waals surface area (Å²) in [6.07, 6.45) is 37.8. The summed E-state index contributed by atoms with van der Waals surface area (Å²) in [6, 6.07) is 0. The summed E-state index contributed by atoms with van der Waals surface area (Å²) in [6.45, 7) is 5.41. The van der Waals surface area contributed by atoms with E-state index in [1.165, 1.54) is 141 Å². The van der Waals surface area contributed by atoms with E-state index in [4.69, 9.17) is 18.5 Å². The molecule has 0 aliphatic rings. The minimum atomic E-state index is -4.52. The number of quaternary nitrogens is 1. The van der Waals surface area contributed by atoms with Gasteiger partial charge in [0.05, 0.1) is 34.4 Å². The topological polar surface area (TPSA) is 94.1 Å². The smallest absolute Gasteiger partial charge is 0.306 e. The Kier molecular flexibility index (Phi) is 35.7. The summed E-state index contributed by atoms with van der Waals surface area (Å²) >= 11 is 0. The van der Waals surface area contributed by atoms with E-state index in [1.54, 1.807) is 0 Å². The van der Waals surface area contributed by atoms with Gasteiger partial charge < -0.3 is 27.9 Å². The molecule has 0 aromatic heterocycles. The molecule has 0 spiro atoms. The number of phosphoric acid groups is 1. The Labute approximate surface area is 316 Å². The molecule has 0 rings (SSSR count). The van der Waals surface area contributed by atoms with E-state index in [9.17, 15) is 14.3 Å². The third-order valence-corrected chi connectivity index (χ3v) is 10.3. The minimum absolute atomic E-state index is 0.0280. The molecule has 9 heteroatoms. The van der Waals surface area contributed by atoms with Gasteiger partial charge in [0, 0.05) is 13.0 Å². The summed E-state index contributed by atoms with van der Waals surface area (Å²) in [5, 5.41) is 0. The van der Waals surface area contributed by atoms with Crippen molar-refractivity contribution in [3.8, 4) is 0 Å². The Hall–Kier alpha value is -0.760. The van der Waals surface area contributed by atoms with Crippen molar-refractivity contribution < 1.29 is 37.3 Å². The number of carbonyl (C=O) groups is 1. The number of allylic oxidation sites excluding steroid dienone is 2. The lowest BCUT2D eigenvalue weighted by Crippen LogP contribution is -2.37. The maximum absolute atomic E-state index is 12.6. The quantitative estimate of drug-likeness (QED) is 0.0203. The van der Waals surface area contributed by atoms with Crippen LogP contribution in [0.5, 0.6) is 0 Å². The first-order valence-corrected chi connectivity index (χ1v) is 22.9. The van der Waals surface area contributed by atoms with Crippen molar-refractivity contribution in [2.75, 3.05) is 54.1 Å². The Balaban J connectivity index is 4.23. The van der Waals surface area contributed by atoms with Crippen LogP contribution in [0.25, 0.3) is 0 Å². The van der Waals surface area contributed by atoms with Gasteiger partial charge in [0.1, 0.15) is 19.3 Å². The number of hydrogen-bond acceptors (Lipinski definition) is 7. The number of likely N-dealkylation sites (N-methyl/N-ethyl adjacent to an activating group) is 1. The van der Waals surface area contributed by atoms with Crippen molar-refractivity contribution in [3.63, 3.8) is 0 Å². The zero-order valence-corrected chi connectivity index (χ0v) is 35.2. The summed E-state index contributed by atoms with van der Waals surface area (Å²) in [5.41, 5.74) is 0. The van der Waals surface area contributed by atoms with Crippen molar-refractivity contribution in [1.29, 1.82) is 0 Å². The number of esters is 1. The summed E-state index contributed by atoms with van der Waals surface area (Å²) in [5.74, 6) is -0.333. The number of phosphoric ester groups is 1. The van der Waals surface area contributed by atoms with Crippen molar-refractivity contribution in [2.45, 2.75) is 200 Å². The molecular weight excluding hydrogens is 661 g/mol. The lowest BCUT2D eigenvalue weighted by Gasteiger charge is -2.28. The lowest BCUT2D eigenvalue weighted by atomic mass is 10.0. The molecule has 0 amide bonds. The molecule has 0 N–H and O–H groups in total. The fourth-order valence-electron chi connectivity index (χ4n) is 5.95. The lowest BCUT2D eigenvalue weighted by molar-refractivity contribution is -0.870. The normalized spacial score (nSPS) is 13.9. The molecule has 0 bridgehead atoms. The second kappa shape index (κ2) is 36.2. The van der Waals surface area contributed by atoms with Gasteiger partial charge in [-0.25, -0.2) is 0 Å². The van der Waals surface area contributed by atoms with Gasteiger partial charge in [-0.05, 0) is 38.5 Å². The van der Waals surface area contributed by atoms with Gasteiger partial charge in [-0.1, -0.05) is 161 Å². The van der Waals surface area contributed by atoms with E-state index >= 15 is 0 Å². The van der Waals surface area contributed by atoms with Crippen LogP contribution in [-0.2, 0) is 27.9 Å². The van der Waals surface area contributed by atoms with Crippen LogP contribution >= 0.6 is 7.82 Å². The van der Waals surface area contributed by atoms with Crippen LogP contribution in [-0.4, -0.2) is 70.7 Å². The first-order chi connectivity index (χ1) is 24.6. The molecule has 0 fully saturated rings. The van der Waals surface area contributed by atoms with Crippen molar-refractivity contribution in [1.82, 2.24) is 0 Å². The van der Waals surface area contributed by atoms with Crippen LogP contribution < -0.4 is 4.89 Å². The summed E-state index contributed by atoms with van der Waals surface area (Å²) in [7, 11) is 1.36. The second-order valence-corrected chi connectivity index (χ2v) is 17.1. The van der Waals surface area contributed by atoms with Gasteiger partial charge in [-0.3, -0.25) is 9.36 Å². The molecule has 51 heavy (non-hydrogen) atoms. The van der Waals surface area contributed by atoms with Gasteiger partial charge in [0.25, 0.3) is 7.82 Å². The molecule has 8 nitrogen and oxygen atoms in total. The molecular formula is C42H84NO7P. The monoisotopic (exact) mass is 746 g/mol. The average Bonchev–Trinajstić information content (AvgIpc) is 3.08.